The second-order valence-corrected chi connectivity index (χ2v) is 7.68. The molecule has 28 heavy (non-hydrogen) atoms. The van der Waals surface area contributed by atoms with Crippen molar-refractivity contribution in [1.29, 1.82) is 0 Å². The molecule has 0 spiro atoms. The predicted octanol–water partition coefficient (Wildman–Crippen LogP) is 2.43. The number of likely N-dealkylation sites (N-methyl/N-ethyl adjacent to an activating group) is 1. The Hall–Kier alpha value is -3.00. The Labute approximate surface area is 161 Å². The van der Waals surface area contributed by atoms with E-state index >= 15 is 0 Å². The number of amides is 1. The van der Waals surface area contributed by atoms with Crippen molar-refractivity contribution < 1.29 is 13.7 Å². The summed E-state index contributed by atoms with van der Waals surface area (Å²) in [6, 6.07) is 11.3. The fourth-order valence-corrected chi connectivity index (χ4v) is 3.75. The highest BCUT2D eigenvalue weighted by atomic mass is 16.5. The van der Waals surface area contributed by atoms with Gasteiger partial charge in [0.15, 0.2) is 11.5 Å². The molecule has 0 atom stereocenters. The molecule has 1 aliphatic carbocycles. The number of likely N-dealkylation sites (tertiary alicyclic amines) is 1. The van der Waals surface area contributed by atoms with Gasteiger partial charge in [-0.15, -0.1) is 10.2 Å². The van der Waals surface area contributed by atoms with Crippen LogP contribution in [0.3, 0.4) is 0 Å². The van der Waals surface area contributed by atoms with Crippen molar-refractivity contribution in [1.82, 2.24) is 25.6 Å². The standard InChI is InChI=1S/C20H21N5O3/c1-25-10-14(11-25)20-23-22-19(27-20)13-7-15(8-13)21-18(26)16-9-17(28-24-16)12-5-3-2-4-6-12/h2-6,9,13-15H,7-8,10-11H2,1H3,(H,21,26)/t13-,15-. The van der Waals surface area contributed by atoms with Crippen molar-refractivity contribution in [2.45, 2.75) is 30.7 Å². The van der Waals surface area contributed by atoms with Crippen molar-refractivity contribution in [3.05, 3.63) is 53.9 Å². The fourth-order valence-electron chi connectivity index (χ4n) is 3.75. The van der Waals surface area contributed by atoms with Gasteiger partial charge in [-0.2, -0.15) is 0 Å². The van der Waals surface area contributed by atoms with Crippen LogP contribution in [0, 0.1) is 0 Å². The fraction of sp³-hybridized carbons (Fsp3) is 0.400. The number of aromatic nitrogens is 3. The predicted molar refractivity (Wildman–Crippen MR) is 99.7 cm³/mol. The van der Waals surface area contributed by atoms with Crippen molar-refractivity contribution in [2.75, 3.05) is 20.1 Å². The first kappa shape index (κ1) is 17.1. The molecule has 0 bridgehead atoms. The van der Waals surface area contributed by atoms with Crippen molar-refractivity contribution in [3.63, 3.8) is 0 Å². The molecule has 8 heteroatoms. The van der Waals surface area contributed by atoms with Crippen LogP contribution in [0.1, 0.15) is 46.9 Å². The average molecular weight is 379 g/mol. The van der Waals surface area contributed by atoms with Gasteiger partial charge in [0.1, 0.15) is 0 Å². The van der Waals surface area contributed by atoms with E-state index < -0.39 is 0 Å². The molecule has 3 heterocycles. The maximum atomic E-state index is 12.4. The molecule has 2 aromatic heterocycles. The number of carbonyl (C=O) groups is 1. The molecule has 8 nitrogen and oxygen atoms in total. The van der Waals surface area contributed by atoms with E-state index in [1.165, 1.54) is 0 Å². The van der Waals surface area contributed by atoms with Crippen LogP contribution in [-0.4, -0.2) is 52.3 Å². The molecule has 1 amide bonds. The molecule has 1 N–H and O–H groups in total. The van der Waals surface area contributed by atoms with Gasteiger partial charge in [-0.25, -0.2) is 0 Å². The number of hydrogen-bond acceptors (Lipinski definition) is 7. The second kappa shape index (κ2) is 6.87. The lowest BCUT2D eigenvalue weighted by atomic mass is 9.80. The maximum Gasteiger partial charge on any atom is 0.273 e. The first-order chi connectivity index (χ1) is 13.7. The number of nitrogens with one attached hydrogen (secondary N) is 1. The first-order valence-corrected chi connectivity index (χ1v) is 9.50. The molecule has 2 aliphatic rings. The highest BCUT2D eigenvalue weighted by Crippen LogP contribution is 2.37. The summed E-state index contributed by atoms with van der Waals surface area (Å²) in [5.74, 6) is 2.34. The quantitative estimate of drug-likeness (QED) is 0.727. The minimum absolute atomic E-state index is 0.0829. The summed E-state index contributed by atoms with van der Waals surface area (Å²) in [5, 5.41) is 15.3. The van der Waals surface area contributed by atoms with E-state index in [0.717, 1.165) is 37.4 Å². The third kappa shape index (κ3) is 3.20. The molecule has 144 valence electrons. The third-order valence-corrected chi connectivity index (χ3v) is 5.49. The van der Waals surface area contributed by atoms with Gasteiger partial charge in [-0.1, -0.05) is 35.5 Å². The zero-order valence-corrected chi connectivity index (χ0v) is 15.5. The van der Waals surface area contributed by atoms with Crippen LogP contribution in [0.2, 0.25) is 0 Å². The summed E-state index contributed by atoms with van der Waals surface area (Å²) in [6.07, 6.45) is 1.59. The second-order valence-electron chi connectivity index (χ2n) is 7.68. The van der Waals surface area contributed by atoms with Gasteiger partial charge in [0, 0.05) is 36.7 Å². The summed E-state index contributed by atoms with van der Waals surface area (Å²) in [5.41, 5.74) is 1.18. The summed E-state index contributed by atoms with van der Waals surface area (Å²) in [7, 11) is 2.07. The van der Waals surface area contributed by atoms with E-state index in [0.29, 0.717) is 17.6 Å². The largest absolute Gasteiger partial charge is 0.425 e. The Kier molecular flexibility index (Phi) is 4.20. The number of benzene rings is 1. The van der Waals surface area contributed by atoms with Crippen LogP contribution in [-0.2, 0) is 0 Å². The van der Waals surface area contributed by atoms with E-state index in [-0.39, 0.29) is 23.6 Å². The highest BCUT2D eigenvalue weighted by molar-refractivity contribution is 5.93. The van der Waals surface area contributed by atoms with Crippen LogP contribution in [0.5, 0.6) is 0 Å². The molecule has 5 rings (SSSR count). The summed E-state index contributed by atoms with van der Waals surface area (Å²) < 4.78 is 11.1. The molecule has 1 aromatic carbocycles. The highest BCUT2D eigenvalue weighted by Gasteiger charge is 2.37. The minimum atomic E-state index is -0.224. The Balaban J connectivity index is 1.15. The van der Waals surface area contributed by atoms with Gasteiger partial charge in [0.25, 0.3) is 5.91 Å². The van der Waals surface area contributed by atoms with Crippen LogP contribution in [0.25, 0.3) is 11.3 Å². The van der Waals surface area contributed by atoms with Gasteiger partial charge in [0.2, 0.25) is 11.8 Å². The smallest absolute Gasteiger partial charge is 0.273 e. The molecular formula is C20H21N5O3. The Bertz CT molecular complexity index is 971. The van der Waals surface area contributed by atoms with E-state index in [9.17, 15) is 4.79 Å². The Morgan fingerprint density at radius 3 is 2.54 bits per heavy atom. The van der Waals surface area contributed by atoms with Crippen molar-refractivity contribution >= 4 is 5.91 Å². The molecule has 3 aromatic rings. The summed E-state index contributed by atoms with van der Waals surface area (Å²) >= 11 is 0. The topological polar surface area (TPSA) is 97.3 Å². The van der Waals surface area contributed by atoms with E-state index in [4.69, 9.17) is 8.94 Å². The summed E-state index contributed by atoms with van der Waals surface area (Å²) in [6.45, 7) is 1.93. The molecule has 2 fully saturated rings. The van der Waals surface area contributed by atoms with Gasteiger partial charge in [-0.05, 0) is 19.9 Å². The van der Waals surface area contributed by atoms with Crippen LogP contribution in [0.15, 0.2) is 45.3 Å². The number of nitrogens with zero attached hydrogens (tertiary/aromatic N) is 4. The molecule has 0 unspecified atom stereocenters. The van der Waals surface area contributed by atoms with Crippen LogP contribution < -0.4 is 5.32 Å². The van der Waals surface area contributed by atoms with E-state index in [1.807, 2.05) is 30.3 Å². The lowest BCUT2D eigenvalue weighted by Gasteiger charge is -2.34. The van der Waals surface area contributed by atoms with Gasteiger partial charge in [0.05, 0.1) is 5.92 Å². The van der Waals surface area contributed by atoms with E-state index in [2.05, 4.69) is 32.6 Å². The number of rotatable bonds is 5. The number of carbonyl (C=O) groups excluding carboxylic acids is 1. The van der Waals surface area contributed by atoms with Gasteiger partial charge >= 0.3 is 0 Å². The van der Waals surface area contributed by atoms with Crippen LogP contribution >= 0.6 is 0 Å². The van der Waals surface area contributed by atoms with Crippen molar-refractivity contribution in [2.24, 2.45) is 0 Å². The molecular weight excluding hydrogens is 358 g/mol. The Morgan fingerprint density at radius 1 is 1.11 bits per heavy atom. The molecule has 1 aliphatic heterocycles. The minimum Gasteiger partial charge on any atom is -0.425 e. The molecule has 1 saturated heterocycles. The normalized spacial score (nSPS) is 22.5. The summed E-state index contributed by atoms with van der Waals surface area (Å²) in [4.78, 5) is 14.6. The number of hydrogen-bond donors (Lipinski definition) is 1. The maximum absolute atomic E-state index is 12.4. The average Bonchev–Trinajstić information content (AvgIpc) is 3.32. The zero-order valence-electron chi connectivity index (χ0n) is 15.5. The Morgan fingerprint density at radius 2 is 1.82 bits per heavy atom. The lowest BCUT2D eigenvalue weighted by Crippen LogP contribution is -2.43. The van der Waals surface area contributed by atoms with Crippen molar-refractivity contribution in [3.8, 4) is 11.3 Å². The van der Waals surface area contributed by atoms with Gasteiger partial charge < -0.3 is 19.2 Å². The molecule has 0 radical (unpaired) electrons. The molecule has 1 saturated carbocycles. The van der Waals surface area contributed by atoms with Crippen LogP contribution in [0.4, 0.5) is 0 Å². The van der Waals surface area contributed by atoms with E-state index in [1.54, 1.807) is 6.07 Å². The SMILES string of the molecule is CN1CC(c2nnc([C@H]3C[C@H](NC(=O)c4cc(-c5ccccc5)on4)C3)o2)C1. The lowest BCUT2D eigenvalue weighted by molar-refractivity contribution is 0.0893. The first-order valence-electron chi connectivity index (χ1n) is 9.50. The van der Waals surface area contributed by atoms with Gasteiger partial charge in [-0.3, -0.25) is 4.79 Å². The monoisotopic (exact) mass is 379 g/mol. The third-order valence-electron chi connectivity index (χ3n) is 5.49. The zero-order chi connectivity index (χ0) is 19.1.